The Labute approximate surface area is 204 Å². The number of amides is 1. The first-order valence-corrected chi connectivity index (χ1v) is 12.3. The topological polar surface area (TPSA) is 135 Å². The average Bonchev–Trinajstić information content (AvgIpc) is 2.72. The first-order valence-electron chi connectivity index (χ1n) is 9.61. The molecule has 3 rings (SSSR count). The number of piperidine rings is 1. The number of nitrogens with one attached hydrogen (secondary N) is 4. The lowest BCUT2D eigenvalue weighted by atomic mass is 9.97. The van der Waals surface area contributed by atoms with Crippen molar-refractivity contribution in [1.82, 2.24) is 4.72 Å². The maximum Gasteiger partial charge on any atom is 0.269 e. The Kier molecular flexibility index (Phi) is 7.98. The summed E-state index contributed by atoms with van der Waals surface area (Å²) >= 11 is 17.1. The number of aromatic hydroxyl groups is 1. The van der Waals surface area contributed by atoms with Crippen LogP contribution in [0.3, 0.4) is 0 Å². The fourth-order valence-corrected chi connectivity index (χ4v) is 5.35. The summed E-state index contributed by atoms with van der Waals surface area (Å²) in [4.78, 5) is 11.7. The molecule has 178 valence electrons. The summed E-state index contributed by atoms with van der Waals surface area (Å²) in [6.07, 6.45) is 0.487. The molecular weight excluding hydrogens is 518 g/mol. The summed E-state index contributed by atoms with van der Waals surface area (Å²) in [5.41, 5.74) is 0.154. The molecule has 0 spiro atoms. The smallest absolute Gasteiger partial charge is 0.269 e. The van der Waals surface area contributed by atoms with E-state index in [9.17, 15) is 27.9 Å². The van der Waals surface area contributed by atoms with Crippen LogP contribution in [0.15, 0.2) is 35.2 Å². The Bertz CT molecular complexity index is 1190. The lowest BCUT2D eigenvalue weighted by Crippen LogP contribution is -3.08. The van der Waals surface area contributed by atoms with Crippen molar-refractivity contribution in [3.63, 3.8) is 0 Å². The number of rotatable bonds is 5. The zero-order valence-corrected chi connectivity index (χ0v) is 20.0. The van der Waals surface area contributed by atoms with Gasteiger partial charge in [0.1, 0.15) is 10.7 Å². The number of hydroxylamine groups is 2. The van der Waals surface area contributed by atoms with Crippen LogP contribution in [-0.4, -0.2) is 37.6 Å². The molecule has 0 aromatic heterocycles. The normalized spacial score (nSPS) is 18.4. The molecule has 0 bridgehead atoms. The van der Waals surface area contributed by atoms with Gasteiger partial charge in [0.05, 0.1) is 34.5 Å². The fourth-order valence-electron chi connectivity index (χ4n) is 3.24. The number of hydrogen-bond acceptors (Lipinski definition) is 6. The van der Waals surface area contributed by atoms with Gasteiger partial charge in [-0.1, -0.05) is 23.2 Å². The van der Waals surface area contributed by atoms with Gasteiger partial charge in [0.15, 0.2) is 10.9 Å². The Balaban J connectivity index is 1.78. The molecule has 1 fully saturated rings. The second-order valence-corrected chi connectivity index (χ2v) is 10.1. The quantitative estimate of drug-likeness (QED) is 0.223. The number of halogens is 3. The second kappa shape index (κ2) is 10.4. The molecular formula is C19H19Cl2FN4O5S2. The summed E-state index contributed by atoms with van der Waals surface area (Å²) < 4.78 is 40.8. The summed E-state index contributed by atoms with van der Waals surface area (Å²) in [6, 6.07) is 6.06. The minimum absolute atomic E-state index is 0.0212. The number of quaternary nitrogens is 1. The van der Waals surface area contributed by atoms with Crippen molar-refractivity contribution in [2.75, 3.05) is 23.7 Å². The van der Waals surface area contributed by atoms with E-state index in [0.29, 0.717) is 0 Å². The van der Waals surface area contributed by atoms with Gasteiger partial charge in [-0.05, 0) is 42.5 Å². The number of phenolic OH excluding ortho intramolecular Hbond substituents is 1. The van der Waals surface area contributed by atoms with Gasteiger partial charge in [-0.3, -0.25) is 4.79 Å². The Morgan fingerprint density at radius 1 is 1.12 bits per heavy atom. The molecule has 9 nitrogen and oxygen atoms in total. The van der Waals surface area contributed by atoms with Gasteiger partial charge in [-0.15, -0.1) is 0 Å². The van der Waals surface area contributed by atoms with Gasteiger partial charge < -0.3 is 26.0 Å². The molecule has 33 heavy (non-hydrogen) atoms. The van der Waals surface area contributed by atoms with Crippen molar-refractivity contribution in [2.45, 2.75) is 17.7 Å². The number of phenols is 1. The molecule has 1 heterocycles. The standard InChI is InChI=1S/C19H19Cl2FN4O5S2/c20-12-2-4-15(24-19(32)23-14-3-1-11(22)9-13(14)21)16(27)17(12)33(30,31)25-18(28)10-5-7-26(29)8-6-10/h1-4,9-10,26-27H,5-8H2,(H,25,28)(H2,23,24,32). The third-order valence-corrected chi connectivity index (χ3v) is 7.29. The molecule has 0 atom stereocenters. The van der Waals surface area contributed by atoms with Gasteiger partial charge in [0.2, 0.25) is 5.91 Å². The summed E-state index contributed by atoms with van der Waals surface area (Å²) in [6.45, 7) is 0.401. The van der Waals surface area contributed by atoms with Gasteiger partial charge in [-0.2, -0.15) is 0 Å². The lowest BCUT2D eigenvalue weighted by molar-refractivity contribution is -0.854. The third-order valence-electron chi connectivity index (χ3n) is 4.93. The zero-order valence-electron chi connectivity index (χ0n) is 16.8. The SMILES string of the molecule is O=C(NS(=O)(=O)c1c(Cl)ccc(NC(=S)Nc2ccc(F)cc2Cl)c1O)C1CC[NH+]([O-])CC1. The molecule has 0 unspecified atom stereocenters. The van der Waals surface area contributed by atoms with Crippen molar-refractivity contribution in [3.05, 3.63) is 51.4 Å². The molecule has 0 aliphatic carbocycles. The van der Waals surface area contributed by atoms with Crippen LogP contribution in [0.25, 0.3) is 0 Å². The molecule has 5 N–H and O–H groups in total. The van der Waals surface area contributed by atoms with E-state index in [1.165, 1.54) is 18.2 Å². The highest BCUT2D eigenvalue weighted by molar-refractivity contribution is 7.90. The third kappa shape index (κ3) is 6.22. The highest BCUT2D eigenvalue weighted by Gasteiger charge is 2.31. The van der Waals surface area contributed by atoms with E-state index in [4.69, 9.17) is 35.4 Å². The fraction of sp³-hybridized carbons (Fsp3) is 0.263. The van der Waals surface area contributed by atoms with Gasteiger partial charge in [0.25, 0.3) is 10.0 Å². The predicted octanol–water partition coefficient (Wildman–Crippen LogP) is 2.24. The number of hydrogen-bond donors (Lipinski definition) is 5. The van der Waals surface area contributed by atoms with Crippen LogP contribution < -0.4 is 20.4 Å². The van der Waals surface area contributed by atoms with E-state index in [1.54, 1.807) is 0 Å². The van der Waals surface area contributed by atoms with Gasteiger partial charge >= 0.3 is 0 Å². The molecule has 2 aromatic carbocycles. The minimum Gasteiger partial charge on any atom is -0.634 e. The average molecular weight is 537 g/mol. The predicted molar refractivity (Wildman–Crippen MR) is 126 cm³/mol. The number of benzene rings is 2. The number of carbonyl (C=O) groups is 1. The van der Waals surface area contributed by atoms with Crippen LogP contribution in [0.2, 0.25) is 10.0 Å². The van der Waals surface area contributed by atoms with E-state index >= 15 is 0 Å². The highest BCUT2D eigenvalue weighted by atomic mass is 35.5. The number of carbonyl (C=O) groups excluding carboxylic acids is 1. The van der Waals surface area contributed by atoms with Crippen LogP contribution in [0.5, 0.6) is 5.75 Å². The molecule has 0 radical (unpaired) electrons. The molecule has 1 saturated heterocycles. The van der Waals surface area contributed by atoms with E-state index in [-0.39, 0.29) is 57.5 Å². The maximum absolute atomic E-state index is 13.2. The van der Waals surface area contributed by atoms with Crippen LogP contribution in [0.1, 0.15) is 12.8 Å². The molecule has 1 aliphatic rings. The Morgan fingerprint density at radius 2 is 1.73 bits per heavy atom. The summed E-state index contributed by atoms with van der Waals surface area (Å²) in [7, 11) is -4.55. The molecule has 1 amide bonds. The van der Waals surface area contributed by atoms with Crippen molar-refractivity contribution >= 4 is 67.8 Å². The lowest BCUT2D eigenvalue weighted by Gasteiger charge is -2.30. The summed E-state index contributed by atoms with van der Waals surface area (Å²) in [5, 5.41) is 26.9. The Morgan fingerprint density at radius 3 is 2.36 bits per heavy atom. The molecule has 0 saturated carbocycles. The second-order valence-electron chi connectivity index (χ2n) is 7.26. The molecule has 2 aromatic rings. The van der Waals surface area contributed by atoms with Crippen molar-refractivity contribution in [1.29, 1.82) is 0 Å². The largest absolute Gasteiger partial charge is 0.634 e. The van der Waals surface area contributed by atoms with E-state index < -0.39 is 38.3 Å². The monoisotopic (exact) mass is 536 g/mol. The molecule has 14 heteroatoms. The van der Waals surface area contributed by atoms with Crippen LogP contribution in [-0.2, 0) is 14.8 Å². The maximum atomic E-state index is 13.2. The van der Waals surface area contributed by atoms with E-state index in [2.05, 4.69) is 10.6 Å². The first kappa shape index (κ1) is 25.4. The van der Waals surface area contributed by atoms with Crippen molar-refractivity contribution in [2.24, 2.45) is 5.92 Å². The van der Waals surface area contributed by atoms with Crippen LogP contribution in [0, 0.1) is 16.9 Å². The van der Waals surface area contributed by atoms with E-state index in [1.807, 2.05) is 4.72 Å². The van der Waals surface area contributed by atoms with Crippen molar-refractivity contribution in [3.8, 4) is 5.75 Å². The van der Waals surface area contributed by atoms with Crippen LogP contribution in [0.4, 0.5) is 15.8 Å². The zero-order chi connectivity index (χ0) is 24.3. The number of thiocarbonyl (C=S) groups is 1. The Hall–Kier alpha value is -2.22. The number of sulfonamides is 1. The van der Waals surface area contributed by atoms with Crippen molar-refractivity contribution < 1.29 is 27.8 Å². The highest BCUT2D eigenvalue weighted by Crippen LogP contribution is 2.37. The molecule has 1 aliphatic heterocycles. The van der Waals surface area contributed by atoms with Gasteiger partial charge in [0, 0.05) is 18.8 Å². The minimum atomic E-state index is -4.55. The van der Waals surface area contributed by atoms with Gasteiger partial charge in [-0.25, -0.2) is 17.5 Å². The van der Waals surface area contributed by atoms with E-state index in [0.717, 1.165) is 12.1 Å². The summed E-state index contributed by atoms with van der Waals surface area (Å²) in [5.74, 6) is -2.73. The first-order chi connectivity index (χ1) is 15.5. The number of anilines is 2. The van der Waals surface area contributed by atoms with Crippen LogP contribution >= 0.6 is 35.4 Å².